The second-order valence-corrected chi connectivity index (χ2v) is 4.53. The fraction of sp³-hybridized carbons (Fsp3) is 0.143. The Morgan fingerprint density at radius 1 is 1.56 bits per heavy atom. The highest BCUT2D eigenvalue weighted by atomic mass is 35.5. The van der Waals surface area contributed by atoms with Gasteiger partial charge in [0.1, 0.15) is 16.7 Å². The summed E-state index contributed by atoms with van der Waals surface area (Å²) >= 11 is 5.42. The number of pyridine rings is 1. The van der Waals surface area contributed by atoms with Crippen molar-refractivity contribution < 1.29 is 17.2 Å². The lowest BCUT2D eigenvalue weighted by atomic mass is 10.2. The van der Waals surface area contributed by atoms with Crippen LogP contribution in [0, 0.1) is 11.3 Å². The summed E-state index contributed by atoms with van der Waals surface area (Å²) in [6, 6.07) is 1.46. The molecule has 0 fully saturated rings. The molecule has 0 amide bonds. The summed E-state index contributed by atoms with van der Waals surface area (Å²) in [5.41, 5.74) is -1.40. The van der Waals surface area contributed by atoms with E-state index in [-0.39, 0.29) is 0 Å². The summed E-state index contributed by atoms with van der Waals surface area (Å²) < 4.78 is 46.9. The van der Waals surface area contributed by atoms with E-state index in [4.69, 9.17) is 22.0 Å². The Morgan fingerprint density at radius 2 is 2.12 bits per heavy atom. The van der Waals surface area contributed by atoms with Crippen LogP contribution in [0.1, 0.15) is 17.7 Å². The molecule has 0 saturated carbocycles. The van der Waals surface area contributed by atoms with Crippen molar-refractivity contribution in [2.75, 3.05) is 0 Å². The Hall–Kier alpha value is -1.30. The first kappa shape index (κ1) is 12.8. The van der Waals surface area contributed by atoms with E-state index in [1.165, 1.54) is 6.07 Å². The van der Waals surface area contributed by atoms with Gasteiger partial charge in [0.25, 0.3) is 6.43 Å². The first-order valence-corrected chi connectivity index (χ1v) is 5.61. The molecule has 0 aliphatic carbocycles. The highest BCUT2D eigenvalue weighted by molar-refractivity contribution is 7.89. The van der Waals surface area contributed by atoms with Crippen molar-refractivity contribution in [2.24, 2.45) is 5.14 Å². The number of hydrogen-bond donors (Lipinski definition) is 1. The lowest BCUT2D eigenvalue weighted by Crippen LogP contribution is -2.16. The number of rotatable bonds is 2. The normalized spacial score (nSPS) is 11.5. The fourth-order valence-electron chi connectivity index (χ4n) is 0.994. The first-order chi connectivity index (χ1) is 7.29. The van der Waals surface area contributed by atoms with E-state index in [1.807, 2.05) is 0 Å². The second-order valence-electron chi connectivity index (χ2n) is 2.66. The molecule has 0 bridgehead atoms. The molecule has 86 valence electrons. The third-order valence-corrected chi connectivity index (χ3v) is 3.10. The van der Waals surface area contributed by atoms with E-state index in [0.717, 1.165) is 0 Å². The highest BCUT2D eigenvalue weighted by Gasteiger charge is 2.25. The Balaban J connectivity index is 3.69. The molecule has 1 heterocycles. The lowest BCUT2D eigenvalue weighted by Gasteiger charge is -2.07. The lowest BCUT2D eigenvalue weighted by molar-refractivity contribution is 0.146. The smallest absolute Gasteiger partial charge is 0.252 e. The molecule has 0 atom stereocenters. The molecule has 0 saturated heterocycles. The van der Waals surface area contributed by atoms with Crippen molar-refractivity contribution in [3.8, 4) is 6.07 Å². The molecule has 1 aromatic rings. The van der Waals surface area contributed by atoms with Gasteiger partial charge in [-0.1, -0.05) is 11.6 Å². The average molecular weight is 268 g/mol. The third-order valence-electron chi connectivity index (χ3n) is 1.61. The largest absolute Gasteiger partial charge is 0.281 e. The first-order valence-electron chi connectivity index (χ1n) is 3.68. The van der Waals surface area contributed by atoms with Gasteiger partial charge in [-0.05, 0) is 0 Å². The Kier molecular flexibility index (Phi) is 3.42. The van der Waals surface area contributed by atoms with Crippen LogP contribution < -0.4 is 5.14 Å². The topological polar surface area (TPSA) is 96.8 Å². The van der Waals surface area contributed by atoms with E-state index >= 15 is 0 Å². The quantitative estimate of drug-likeness (QED) is 0.870. The van der Waals surface area contributed by atoms with Crippen molar-refractivity contribution in [3.63, 3.8) is 0 Å². The maximum absolute atomic E-state index is 12.4. The maximum Gasteiger partial charge on any atom is 0.281 e. The van der Waals surface area contributed by atoms with E-state index in [0.29, 0.717) is 6.20 Å². The average Bonchev–Trinajstić information content (AvgIpc) is 2.14. The van der Waals surface area contributed by atoms with Crippen LogP contribution in [0.4, 0.5) is 8.78 Å². The van der Waals surface area contributed by atoms with E-state index in [2.05, 4.69) is 4.98 Å². The van der Waals surface area contributed by atoms with Gasteiger partial charge in [-0.3, -0.25) is 4.98 Å². The predicted molar refractivity (Wildman–Crippen MR) is 50.3 cm³/mol. The molecule has 5 nitrogen and oxygen atoms in total. The van der Waals surface area contributed by atoms with Crippen LogP contribution in [0.15, 0.2) is 11.1 Å². The minimum atomic E-state index is -4.36. The molecule has 0 spiro atoms. The SMILES string of the molecule is N#Cc1cnc(C(F)F)c(Cl)c1S(N)(=O)=O. The third kappa shape index (κ3) is 2.27. The fourth-order valence-corrected chi connectivity index (χ4v) is 2.31. The summed E-state index contributed by atoms with van der Waals surface area (Å²) in [5, 5.41) is 12.5. The molecule has 0 aliphatic rings. The van der Waals surface area contributed by atoms with Gasteiger partial charge in [-0.2, -0.15) is 5.26 Å². The van der Waals surface area contributed by atoms with Crippen LogP contribution in [0.3, 0.4) is 0 Å². The van der Waals surface area contributed by atoms with Gasteiger partial charge in [-0.15, -0.1) is 0 Å². The van der Waals surface area contributed by atoms with Gasteiger partial charge in [-0.25, -0.2) is 22.3 Å². The summed E-state index contributed by atoms with van der Waals surface area (Å²) in [4.78, 5) is 2.37. The number of hydrogen-bond acceptors (Lipinski definition) is 4. The van der Waals surface area contributed by atoms with E-state index < -0.39 is 37.6 Å². The Labute approximate surface area is 94.5 Å². The number of nitriles is 1. The zero-order valence-electron chi connectivity index (χ0n) is 7.49. The molecule has 0 aromatic carbocycles. The molecule has 2 N–H and O–H groups in total. The van der Waals surface area contributed by atoms with E-state index in [9.17, 15) is 17.2 Å². The van der Waals surface area contributed by atoms with Crippen LogP contribution in [0.5, 0.6) is 0 Å². The molecule has 16 heavy (non-hydrogen) atoms. The van der Waals surface area contributed by atoms with Gasteiger partial charge in [0.15, 0.2) is 0 Å². The van der Waals surface area contributed by atoms with E-state index in [1.54, 1.807) is 0 Å². The molecule has 1 aromatic heterocycles. The number of aromatic nitrogens is 1. The zero-order chi connectivity index (χ0) is 12.5. The van der Waals surface area contributed by atoms with Gasteiger partial charge in [0, 0.05) is 6.20 Å². The standard InChI is InChI=1S/C7H4ClF2N3O2S/c8-4-5(7(9)10)13-2-3(1-11)6(4)16(12,14)15/h2,7H,(H2,12,14,15). The van der Waals surface area contributed by atoms with Gasteiger partial charge in [0.2, 0.25) is 10.0 Å². The molecular weight excluding hydrogens is 264 g/mol. The molecule has 0 aliphatic heterocycles. The Morgan fingerprint density at radius 3 is 2.50 bits per heavy atom. The van der Waals surface area contributed by atoms with Gasteiger partial charge >= 0.3 is 0 Å². The number of nitrogens with zero attached hydrogens (tertiary/aromatic N) is 2. The molecule has 0 unspecified atom stereocenters. The van der Waals surface area contributed by atoms with Crippen LogP contribution in [-0.2, 0) is 10.0 Å². The maximum atomic E-state index is 12.4. The van der Waals surface area contributed by atoms with Crippen molar-refractivity contribution in [1.29, 1.82) is 5.26 Å². The van der Waals surface area contributed by atoms with Crippen LogP contribution >= 0.6 is 11.6 Å². The van der Waals surface area contributed by atoms with Crippen LogP contribution in [-0.4, -0.2) is 13.4 Å². The van der Waals surface area contributed by atoms with Crippen LogP contribution in [0.25, 0.3) is 0 Å². The second kappa shape index (κ2) is 4.29. The van der Waals surface area contributed by atoms with Crippen molar-refractivity contribution in [2.45, 2.75) is 11.3 Å². The van der Waals surface area contributed by atoms with Gasteiger partial charge in [0.05, 0.1) is 10.6 Å². The summed E-state index contributed by atoms with van der Waals surface area (Å²) in [7, 11) is -4.36. The minimum absolute atomic E-state index is 0.475. The molecule has 9 heteroatoms. The van der Waals surface area contributed by atoms with Crippen LogP contribution in [0.2, 0.25) is 5.02 Å². The zero-order valence-corrected chi connectivity index (χ0v) is 9.06. The number of primary sulfonamides is 1. The highest BCUT2D eigenvalue weighted by Crippen LogP contribution is 2.31. The monoisotopic (exact) mass is 267 g/mol. The number of alkyl halides is 2. The summed E-state index contributed by atoms with van der Waals surface area (Å²) in [5.74, 6) is 0. The minimum Gasteiger partial charge on any atom is -0.252 e. The summed E-state index contributed by atoms with van der Waals surface area (Å²) in [6.07, 6.45) is -2.37. The van der Waals surface area contributed by atoms with Gasteiger partial charge < -0.3 is 0 Å². The van der Waals surface area contributed by atoms with Crippen molar-refractivity contribution >= 4 is 21.6 Å². The van der Waals surface area contributed by atoms with Crippen molar-refractivity contribution in [1.82, 2.24) is 4.98 Å². The predicted octanol–water partition coefficient (Wildman–Crippen LogP) is 1.19. The number of sulfonamides is 1. The summed E-state index contributed by atoms with van der Waals surface area (Å²) in [6.45, 7) is 0. The number of nitrogens with two attached hydrogens (primary N) is 1. The molecular formula is C7H4ClF2N3O2S. The van der Waals surface area contributed by atoms with Crippen molar-refractivity contribution in [3.05, 3.63) is 22.5 Å². The number of halogens is 3. The molecule has 1 rings (SSSR count). The molecule has 0 radical (unpaired) electrons. The Bertz CT molecular complexity index is 568.